The van der Waals surface area contributed by atoms with Gasteiger partial charge in [0, 0.05) is 6.54 Å². The van der Waals surface area contributed by atoms with Crippen LogP contribution in [0.3, 0.4) is 0 Å². The van der Waals surface area contributed by atoms with Crippen molar-refractivity contribution in [2.45, 2.75) is 19.4 Å². The molecule has 2 aromatic carbocycles. The van der Waals surface area contributed by atoms with Gasteiger partial charge < -0.3 is 14.8 Å². The summed E-state index contributed by atoms with van der Waals surface area (Å²) in [7, 11) is 1.55. The molecule has 0 aromatic heterocycles. The first-order valence-corrected chi connectivity index (χ1v) is 7.42. The van der Waals surface area contributed by atoms with Crippen LogP contribution in [0.15, 0.2) is 48.5 Å². The normalized spacial score (nSPS) is 11.6. The Bertz CT molecular complexity index is 643. The number of nitrogens with one attached hydrogen (secondary N) is 1. The second-order valence-corrected chi connectivity index (χ2v) is 5.08. The molecule has 0 radical (unpaired) electrons. The zero-order chi connectivity index (χ0) is 16.7. The van der Waals surface area contributed by atoms with E-state index in [0.29, 0.717) is 24.5 Å². The molecule has 1 atom stereocenters. The van der Waals surface area contributed by atoms with Crippen molar-refractivity contribution in [1.29, 1.82) is 0 Å². The number of ether oxygens (including phenoxy) is 2. The number of benzene rings is 2. The Kier molecular flexibility index (Phi) is 5.97. The van der Waals surface area contributed by atoms with Gasteiger partial charge in [-0.05, 0) is 43.2 Å². The van der Waals surface area contributed by atoms with E-state index in [1.165, 1.54) is 12.1 Å². The third-order valence-electron chi connectivity index (χ3n) is 3.37. The van der Waals surface area contributed by atoms with Crippen LogP contribution in [0.25, 0.3) is 0 Å². The number of para-hydroxylation sites is 2. The van der Waals surface area contributed by atoms with Crippen LogP contribution in [0, 0.1) is 5.82 Å². The lowest BCUT2D eigenvalue weighted by molar-refractivity contribution is -0.127. The fourth-order valence-electron chi connectivity index (χ4n) is 2.08. The molecule has 2 aromatic rings. The first-order valence-electron chi connectivity index (χ1n) is 7.42. The van der Waals surface area contributed by atoms with E-state index < -0.39 is 6.10 Å². The van der Waals surface area contributed by atoms with Crippen LogP contribution in [-0.4, -0.2) is 25.7 Å². The van der Waals surface area contributed by atoms with E-state index in [1.807, 2.05) is 12.1 Å². The number of hydrogen-bond acceptors (Lipinski definition) is 3. The van der Waals surface area contributed by atoms with Gasteiger partial charge in [-0.2, -0.15) is 0 Å². The summed E-state index contributed by atoms with van der Waals surface area (Å²) in [5.74, 6) is 0.629. The maximum Gasteiger partial charge on any atom is 0.260 e. The molecule has 5 heteroatoms. The molecule has 0 heterocycles. The van der Waals surface area contributed by atoms with Crippen molar-refractivity contribution < 1.29 is 18.7 Å². The molecule has 1 N–H and O–H groups in total. The van der Waals surface area contributed by atoms with Crippen molar-refractivity contribution in [2.24, 2.45) is 0 Å². The van der Waals surface area contributed by atoms with Gasteiger partial charge in [-0.15, -0.1) is 0 Å². The standard InChI is InChI=1S/C18H20FNO3/c1-13(23-17-6-4-3-5-16(17)22-2)18(21)20-12-11-14-7-9-15(19)10-8-14/h3-10,13H,11-12H2,1-2H3,(H,20,21)/t13-/m1/s1. The maximum absolute atomic E-state index is 12.8. The predicted molar refractivity (Wildman–Crippen MR) is 86.2 cm³/mol. The topological polar surface area (TPSA) is 47.6 Å². The number of hydrogen-bond donors (Lipinski definition) is 1. The van der Waals surface area contributed by atoms with Gasteiger partial charge >= 0.3 is 0 Å². The summed E-state index contributed by atoms with van der Waals surface area (Å²) in [6.07, 6.45) is -0.00700. The number of rotatable bonds is 7. The lowest BCUT2D eigenvalue weighted by Gasteiger charge is -2.16. The van der Waals surface area contributed by atoms with E-state index in [1.54, 1.807) is 38.3 Å². The highest BCUT2D eigenvalue weighted by molar-refractivity contribution is 5.80. The molecule has 0 aliphatic rings. The van der Waals surface area contributed by atoms with Crippen molar-refractivity contribution in [1.82, 2.24) is 5.32 Å². The van der Waals surface area contributed by atoms with E-state index in [9.17, 15) is 9.18 Å². The van der Waals surface area contributed by atoms with Gasteiger partial charge in [-0.25, -0.2) is 4.39 Å². The van der Waals surface area contributed by atoms with Crippen molar-refractivity contribution in [3.05, 3.63) is 59.9 Å². The van der Waals surface area contributed by atoms with Crippen molar-refractivity contribution in [3.8, 4) is 11.5 Å². The van der Waals surface area contributed by atoms with Gasteiger partial charge in [0.1, 0.15) is 5.82 Å². The Labute approximate surface area is 135 Å². The third kappa shape index (κ3) is 4.98. The Balaban J connectivity index is 1.81. The van der Waals surface area contributed by atoms with E-state index >= 15 is 0 Å². The molecular weight excluding hydrogens is 297 g/mol. The molecule has 0 fully saturated rings. The zero-order valence-corrected chi connectivity index (χ0v) is 13.2. The van der Waals surface area contributed by atoms with Crippen LogP contribution in [0.2, 0.25) is 0 Å². The molecule has 0 bridgehead atoms. The van der Waals surface area contributed by atoms with Gasteiger partial charge in [0.15, 0.2) is 17.6 Å². The lowest BCUT2D eigenvalue weighted by Crippen LogP contribution is -2.37. The molecule has 0 aliphatic heterocycles. The number of halogens is 1. The van der Waals surface area contributed by atoms with Crippen LogP contribution in [0.4, 0.5) is 4.39 Å². The number of carbonyl (C=O) groups is 1. The molecule has 0 saturated heterocycles. The second-order valence-electron chi connectivity index (χ2n) is 5.08. The lowest BCUT2D eigenvalue weighted by atomic mass is 10.1. The Morgan fingerprint density at radius 2 is 1.78 bits per heavy atom. The number of methoxy groups -OCH3 is 1. The zero-order valence-electron chi connectivity index (χ0n) is 13.2. The molecule has 2 rings (SSSR count). The SMILES string of the molecule is COc1ccccc1O[C@H](C)C(=O)NCCc1ccc(F)cc1. The minimum atomic E-state index is -0.639. The second kappa shape index (κ2) is 8.17. The van der Waals surface area contributed by atoms with Crippen LogP contribution in [-0.2, 0) is 11.2 Å². The van der Waals surface area contributed by atoms with E-state index in [-0.39, 0.29) is 11.7 Å². The average molecular weight is 317 g/mol. The number of amides is 1. The summed E-state index contributed by atoms with van der Waals surface area (Å²) in [5, 5.41) is 2.80. The predicted octanol–water partition coefficient (Wildman–Crippen LogP) is 2.96. The summed E-state index contributed by atoms with van der Waals surface area (Å²) < 4.78 is 23.6. The fraction of sp³-hybridized carbons (Fsp3) is 0.278. The van der Waals surface area contributed by atoms with Gasteiger partial charge in [0.05, 0.1) is 7.11 Å². The largest absolute Gasteiger partial charge is 0.493 e. The maximum atomic E-state index is 12.8. The van der Waals surface area contributed by atoms with E-state index in [4.69, 9.17) is 9.47 Å². The third-order valence-corrected chi connectivity index (χ3v) is 3.37. The van der Waals surface area contributed by atoms with Crippen LogP contribution >= 0.6 is 0 Å². The van der Waals surface area contributed by atoms with Gasteiger partial charge in [0.2, 0.25) is 0 Å². The quantitative estimate of drug-likeness (QED) is 0.854. The molecule has 0 saturated carbocycles. The highest BCUT2D eigenvalue weighted by Gasteiger charge is 2.16. The molecular formula is C18H20FNO3. The Morgan fingerprint density at radius 3 is 2.43 bits per heavy atom. The summed E-state index contributed by atoms with van der Waals surface area (Å²) in [6, 6.07) is 13.4. The smallest absolute Gasteiger partial charge is 0.260 e. The highest BCUT2D eigenvalue weighted by Crippen LogP contribution is 2.26. The molecule has 122 valence electrons. The number of carbonyl (C=O) groups excluding carboxylic acids is 1. The van der Waals surface area contributed by atoms with Crippen LogP contribution in [0.1, 0.15) is 12.5 Å². The monoisotopic (exact) mass is 317 g/mol. The molecule has 0 unspecified atom stereocenters. The minimum absolute atomic E-state index is 0.210. The van der Waals surface area contributed by atoms with Gasteiger partial charge in [0.25, 0.3) is 5.91 Å². The van der Waals surface area contributed by atoms with E-state index in [0.717, 1.165) is 5.56 Å². The molecule has 0 aliphatic carbocycles. The highest BCUT2D eigenvalue weighted by atomic mass is 19.1. The van der Waals surface area contributed by atoms with Crippen LogP contribution < -0.4 is 14.8 Å². The average Bonchev–Trinajstić information content (AvgIpc) is 2.57. The first-order chi connectivity index (χ1) is 11.1. The van der Waals surface area contributed by atoms with Crippen molar-refractivity contribution >= 4 is 5.91 Å². The molecule has 23 heavy (non-hydrogen) atoms. The Hall–Kier alpha value is -2.56. The van der Waals surface area contributed by atoms with E-state index in [2.05, 4.69) is 5.32 Å². The van der Waals surface area contributed by atoms with Crippen molar-refractivity contribution in [3.63, 3.8) is 0 Å². The summed E-state index contributed by atoms with van der Waals surface area (Å²) in [4.78, 5) is 12.1. The Morgan fingerprint density at radius 1 is 1.13 bits per heavy atom. The fourth-order valence-corrected chi connectivity index (χ4v) is 2.08. The minimum Gasteiger partial charge on any atom is -0.493 e. The summed E-state index contributed by atoms with van der Waals surface area (Å²) in [5.41, 5.74) is 0.963. The van der Waals surface area contributed by atoms with Crippen molar-refractivity contribution in [2.75, 3.05) is 13.7 Å². The molecule has 1 amide bonds. The molecule has 4 nitrogen and oxygen atoms in total. The first kappa shape index (κ1) is 16.8. The molecule has 0 spiro atoms. The van der Waals surface area contributed by atoms with Crippen LogP contribution in [0.5, 0.6) is 11.5 Å². The summed E-state index contributed by atoms with van der Waals surface area (Å²) >= 11 is 0. The van der Waals surface area contributed by atoms with Gasteiger partial charge in [-0.1, -0.05) is 24.3 Å². The van der Waals surface area contributed by atoms with Gasteiger partial charge in [-0.3, -0.25) is 4.79 Å². The summed E-state index contributed by atoms with van der Waals surface area (Å²) in [6.45, 7) is 2.14.